The molecule has 2 heterocycles. The maximum atomic E-state index is 6.26. The predicted octanol–water partition coefficient (Wildman–Crippen LogP) is 2.44. The van der Waals surface area contributed by atoms with Crippen molar-refractivity contribution >= 4 is 22.8 Å². The van der Waals surface area contributed by atoms with Crippen LogP contribution >= 0.6 is 0 Å². The molecule has 2 aromatic heterocycles. The second-order valence-electron chi connectivity index (χ2n) is 6.99. The van der Waals surface area contributed by atoms with Crippen LogP contribution in [-0.2, 0) is 7.05 Å². The maximum Gasteiger partial charge on any atom is 0.226 e. The van der Waals surface area contributed by atoms with Crippen molar-refractivity contribution in [1.29, 1.82) is 0 Å². The van der Waals surface area contributed by atoms with Gasteiger partial charge in [0.1, 0.15) is 5.82 Å². The van der Waals surface area contributed by atoms with Gasteiger partial charge in [-0.25, -0.2) is 0 Å². The van der Waals surface area contributed by atoms with E-state index in [4.69, 9.17) is 5.73 Å². The Labute approximate surface area is 146 Å². The van der Waals surface area contributed by atoms with Gasteiger partial charge in [-0.15, -0.1) is 0 Å². The van der Waals surface area contributed by atoms with Crippen LogP contribution in [0.15, 0.2) is 36.5 Å². The number of nitrogens with zero attached hydrogens (tertiary/aromatic N) is 4. The zero-order valence-electron chi connectivity index (χ0n) is 14.5. The van der Waals surface area contributed by atoms with Crippen molar-refractivity contribution in [2.45, 2.75) is 31.3 Å². The average Bonchev–Trinajstić information content (AvgIpc) is 3.23. The van der Waals surface area contributed by atoms with E-state index in [-0.39, 0.29) is 11.6 Å². The van der Waals surface area contributed by atoms with Crippen LogP contribution in [0.2, 0.25) is 0 Å². The summed E-state index contributed by atoms with van der Waals surface area (Å²) in [6.07, 6.45) is 4.11. The van der Waals surface area contributed by atoms with E-state index in [2.05, 4.69) is 32.6 Å². The molecule has 130 valence electrons. The molecule has 0 radical (unpaired) electrons. The Morgan fingerprint density at radius 3 is 2.72 bits per heavy atom. The number of nitrogens with one attached hydrogen (secondary N) is 2. The monoisotopic (exact) mass is 337 g/mol. The number of hydrogen-bond acceptors (Lipinski definition) is 6. The van der Waals surface area contributed by atoms with Gasteiger partial charge in [-0.3, -0.25) is 4.68 Å². The molecule has 4 N–H and O–H groups in total. The maximum absolute atomic E-state index is 6.26. The lowest BCUT2D eigenvalue weighted by atomic mass is 10.1. The van der Waals surface area contributed by atoms with E-state index in [1.807, 2.05) is 43.6 Å². The van der Waals surface area contributed by atoms with Gasteiger partial charge in [0, 0.05) is 25.2 Å². The van der Waals surface area contributed by atoms with Crippen molar-refractivity contribution in [1.82, 2.24) is 19.7 Å². The van der Waals surface area contributed by atoms with Crippen LogP contribution in [0.5, 0.6) is 0 Å². The van der Waals surface area contributed by atoms with Crippen LogP contribution in [0, 0.1) is 0 Å². The molecule has 0 spiro atoms. The van der Waals surface area contributed by atoms with Crippen LogP contribution in [0.1, 0.15) is 31.4 Å². The van der Waals surface area contributed by atoms with E-state index in [9.17, 15) is 0 Å². The highest BCUT2D eigenvalue weighted by atomic mass is 15.3. The van der Waals surface area contributed by atoms with Crippen molar-refractivity contribution in [2.24, 2.45) is 12.8 Å². The third-order valence-electron chi connectivity index (χ3n) is 4.72. The lowest BCUT2D eigenvalue weighted by molar-refractivity contribution is 0.755. The second-order valence-corrected chi connectivity index (χ2v) is 6.99. The Morgan fingerprint density at radius 2 is 2.00 bits per heavy atom. The minimum atomic E-state index is -0.121. The zero-order chi connectivity index (χ0) is 17.4. The molecule has 1 saturated carbocycles. The van der Waals surface area contributed by atoms with E-state index in [1.54, 1.807) is 4.68 Å². The largest absolute Gasteiger partial charge is 0.364 e. The highest BCUT2D eigenvalue weighted by Crippen LogP contribution is 2.39. The molecule has 1 aromatic carbocycles. The highest BCUT2D eigenvalue weighted by Gasteiger charge is 2.38. The number of rotatable bonds is 6. The number of benzene rings is 1. The Morgan fingerprint density at radius 1 is 1.24 bits per heavy atom. The number of aromatic nitrogens is 4. The van der Waals surface area contributed by atoms with Crippen LogP contribution < -0.4 is 16.4 Å². The standard InChI is InChI=1S/C18H23N7/c1-18(8-9-18)24-15-13-10-21-25(2)16(13)23-17(22-15)20-11-14(19)12-6-4-3-5-7-12/h3-7,10,14H,8-9,11,19H2,1-2H3,(H2,20,22,23,24). The van der Waals surface area contributed by atoms with E-state index in [0.717, 1.165) is 35.3 Å². The number of anilines is 2. The van der Waals surface area contributed by atoms with Gasteiger partial charge in [-0.1, -0.05) is 30.3 Å². The topological polar surface area (TPSA) is 93.7 Å². The molecule has 25 heavy (non-hydrogen) atoms. The van der Waals surface area contributed by atoms with E-state index in [1.165, 1.54) is 0 Å². The summed E-state index contributed by atoms with van der Waals surface area (Å²) in [6.45, 7) is 2.76. The van der Waals surface area contributed by atoms with Crippen molar-refractivity contribution in [3.8, 4) is 0 Å². The summed E-state index contributed by atoms with van der Waals surface area (Å²) in [4.78, 5) is 9.26. The molecule has 1 aliphatic carbocycles. The molecule has 1 atom stereocenters. The number of fused-ring (bicyclic) bond motifs is 1. The summed E-state index contributed by atoms with van der Waals surface area (Å²) in [6, 6.07) is 9.90. The van der Waals surface area contributed by atoms with E-state index >= 15 is 0 Å². The summed E-state index contributed by atoms with van der Waals surface area (Å²) >= 11 is 0. The third-order valence-corrected chi connectivity index (χ3v) is 4.72. The van der Waals surface area contributed by atoms with Crippen LogP contribution in [0.3, 0.4) is 0 Å². The molecule has 3 aromatic rings. The average molecular weight is 337 g/mol. The van der Waals surface area contributed by atoms with Crippen molar-refractivity contribution in [2.75, 3.05) is 17.2 Å². The molecule has 7 nitrogen and oxygen atoms in total. The quantitative estimate of drug-likeness (QED) is 0.640. The van der Waals surface area contributed by atoms with Crippen molar-refractivity contribution in [3.63, 3.8) is 0 Å². The lowest BCUT2D eigenvalue weighted by Crippen LogP contribution is -2.22. The van der Waals surface area contributed by atoms with E-state index in [0.29, 0.717) is 12.5 Å². The van der Waals surface area contributed by atoms with E-state index < -0.39 is 0 Å². The molecular formula is C18H23N7. The Hall–Kier alpha value is -2.67. The van der Waals surface area contributed by atoms with Gasteiger partial charge in [0.25, 0.3) is 0 Å². The smallest absolute Gasteiger partial charge is 0.226 e. The minimum Gasteiger partial charge on any atom is -0.364 e. The summed E-state index contributed by atoms with van der Waals surface area (Å²) in [5.41, 5.74) is 8.28. The first kappa shape index (κ1) is 15.8. The fraction of sp³-hybridized carbons (Fsp3) is 0.389. The first-order valence-corrected chi connectivity index (χ1v) is 8.56. The van der Waals surface area contributed by atoms with Gasteiger partial charge in [0.15, 0.2) is 5.65 Å². The molecule has 0 bridgehead atoms. The molecular weight excluding hydrogens is 314 g/mol. The lowest BCUT2D eigenvalue weighted by Gasteiger charge is -2.16. The highest BCUT2D eigenvalue weighted by molar-refractivity contribution is 5.87. The van der Waals surface area contributed by atoms with Crippen LogP contribution in [0.4, 0.5) is 11.8 Å². The molecule has 7 heteroatoms. The Bertz CT molecular complexity index is 883. The van der Waals surface area contributed by atoms with Gasteiger partial charge in [-0.05, 0) is 25.3 Å². The van der Waals surface area contributed by atoms with Gasteiger partial charge in [-0.2, -0.15) is 15.1 Å². The third kappa shape index (κ3) is 3.28. The predicted molar refractivity (Wildman–Crippen MR) is 99.4 cm³/mol. The molecule has 1 unspecified atom stereocenters. The van der Waals surface area contributed by atoms with Crippen LogP contribution in [0.25, 0.3) is 11.0 Å². The zero-order valence-corrected chi connectivity index (χ0v) is 14.5. The Kier molecular flexibility index (Phi) is 3.80. The number of nitrogens with two attached hydrogens (primary N) is 1. The molecule has 0 saturated heterocycles. The second kappa shape index (κ2) is 6.00. The summed E-state index contributed by atoms with van der Waals surface area (Å²) in [7, 11) is 1.89. The minimum absolute atomic E-state index is 0.121. The molecule has 0 amide bonds. The van der Waals surface area contributed by atoms with Gasteiger partial charge >= 0.3 is 0 Å². The fourth-order valence-electron chi connectivity index (χ4n) is 2.81. The molecule has 4 rings (SSSR count). The summed E-state index contributed by atoms with van der Waals surface area (Å²) < 4.78 is 1.76. The molecule has 0 aliphatic heterocycles. The first-order valence-electron chi connectivity index (χ1n) is 8.56. The SMILES string of the molecule is Cn1ncc2c(NC3(C)CC3)nc(NCC(N)c3ccccc3)nc21. The normalized spacial score (nSPS) is 16.6. The number of hydrogen-bond donors (Lipinski definition) is 3. The molecule has 1 fully saturated rings. The summed E-state index contributed by atoms with van der Waals surface area (Å²) in [5, 5.41) is 12.1. The van der Waals surface area contributed by atoms with Crippen LogP contribution in [-0.4, -0.2) is 31.8 Å². The van der Waals surface area contributed by atoms with Gasteiger partial charge in [0.05, 0.1) is 11.6 Å². The van der Waals surface area contributed by atoms with Crippen molar-refractivity contribution < 1.29 is 0 Å². The van der Waals surface area contributed by atoms with Crippen molar-refractivity contribution in [3.05, 3.63) is 42.1 Å². The Balaban J connectivity index is 1.57. The number of aryl methyl sites for hydroxylation is 1. The fourth-order valence-corrected chi connectivity index (χ4v) is 2.81. The van der Waals surface area contributed by atoms with Gasteiger partial charge in [0.2, 0.25) is 5.95 Å². The summed E-state index contributed by atoms with van der Waals surface area (Å²) in [5.74, 6) is 1.39. The first-order chi connectivity index (χ1) is 12.0. The van der Waals surface area contributed by atoms with Gasteiger partial charge < -0.3 is 16.4 Å². The molecule has 1 aliphatic rings.